The summed E-state index contributed by atoms with van der Waals surface area (Å²) in [5, 5.41) is 24.5. The number of H-pyrrole nitrogens is 1. The number of rotatable bonds is 8. The van der Waals surface area contributed by atoms with Crippen molar-refractivity contribution in [1.29, 1.82) is 0 Å². The number of pyridine rings is 2. The Morgan fingerprint density at radius 2 is 2.06 bits per heavy atom. The number of aliphatic hydroxyl groups is 1. The number of amides is 1. The maximum Gasteiger partial charge on any atom is 0.410 e. The van der Waals surface area contributed by atoms with Crippen LogP contribution in [-0.4, -0.2) is 61.0 Å². The van der Waals surface area contributed by atoms with Gasteiger partial charge in [0.2, 0.25) is 0 Å². The Kier molecular flexibility index (Phi) is 7.93. The minimum Gasteiger partial charge on any atom is -0.449 e. The fraction of sp³-hybridized carbons (Fsp3) is 0.538. The van der Waals surface area contributed by atoms with Crippen LogP contribution in [0, 0.1) is 12.8 Å². The number of hydrogen-bond acceptors (Lipinski definition) is 8. The van der Waals surface area contributed by atoms with E-state index < -0.39 is 0 Å². The Hall–Kier alpha value is -3.40. The zero-order valence-electron chi connectivity index (χ0n) is 21.7. The molecule has 1 aliphatic heterocycles. The second kappa shape index (κ2) is 11.1. The number of ether oxygens (including phenoxy) is 1. The summed E-state index contributed by atoms with van der Waals surface area (Å²) in [6, 6.07) is 7.72. The molecule has 0 saturated carbocycles. The van der Waals surface area contributed by atoms with Crippen molar-refractivity contribution < 1.29 is 14.6 Å². The standard InChI is InChI=1S/C26H37N7O3/c1-6-20-11-19(10-17(5)33(20)26(35)36-14-15(2)3)28-25-21-8-7-18(13-34)27-22(21)12-23(30-25)29-24-9-16(4)31-32-24/h7-9,12,15,17,19-20,34H,6,10-11,13-14H2,1-5H3,(H3,28,29,30,31,32). The van der Waals surface area contributed by atoms with E-state index in [9.17, 15) is 9.90 Å². The normalized spacial score (nSPS) is 20.1. The van der Waals surface area contributed by atoms with Gasteiger partial charge in [0.15, 0.2) is 5.82 Å². The molecule has 4 N–H and O–H groups in total. The van der Waals surface area contributed by atoms with Crippen molar-refractivity contribution in [3.05, 3.63) is 35.7 Å². The molecule has 0 bridgehead atoms. The van der Waals surface area contributed by atoms with Crippen molar-refractivity contribution in [2.45, 2.75) is 78.6 Å². The summed E-state index contributed by atoms with van der Waals surface area (Å²) in [5.41, 5.74) is 2.26. The molecule has 0 aromatic carbocycles. The Morgan fingerprint density at radius 1 is 1.25 bits per heavy atom. The second-order valence-corrected chi connectivity index (χ2v) is 10.0. The molecule has 3 aromatic heterocycles. The topological polar surface area (TPSA) is 128 Å². The van der Waals surface area contributed by atoms with E-state index in [1.165, 1.54) is 0 Å². The lowest BCUT2D eigenvalue weighted by Crippen LogP contribution is -2.54. The molecule has 0 radical (unpaired) electrons. The van der Waals surface area contributed by atoms with E-state index in [2.05, 4.69) is 39.7 Å². The predicted molar refractivity (Wildman–Crippen MR) is 140 cm³/mol. The highest BCUT2D eigenvalue weighted by atomic mass is 16.6. The monoisotopic (exact) mass is 495 g/mol. The maximum absolute atomic E-state index is 12.8. The van der Waals surface area contributed by atoms with Crippen molar-refractivity contribution in [2.24, 2.45) is 5.92 Å². The molecule has 1 amide bonds. The number of fused-ring (bicyclic) bond motifs is 1. The summed E-state index contributed by atoms with van der Waals surface area (Å²) in [6.07, 6.45) is 2.18. The van der Waals surface area contributed by atoms with Gasteiger partial charge >= 0.3 is 6.09 Å². The van der Waals surface area contributed by atoms with Crippen molar-refractivity contribution in [3.63, 3.8) is 0 Å². The number of aromatic nitrogens is 4. The smallest absolute Gasteiger partial charge is 0.410 e. The van der Waals surface area contributed by atoms with Gasteiger partial charge in [0.05, 0.1) is 24.4 Å². The number of aliphatic hydroxyl groups excluding tert-OH is 1. The quantitative estimate of drug-likeness (QED) is 0.353. The highest BCUT2D eigenvalue weighted by Crippen LogP contribution is 2.31. The van der Waals surface area contributed by atoms with Gasteiger partial charge in [-0.25, -0.2) is 9.78 Å². The Labute approximate surface area is 211 Å². The zero-order valence-corrected chi connectivity index (χ0v) is 21.7. The fourth-order valence-corrected chi connectivity index (χ4v) is 4.78. The molecule has 194 valence electrons. The van der Waals surface area contributed by atoms with Crippen LogP contribution in [-0.2, 0) is 11.3 Å². The molecule has 3 unspecified atom stereocenters. The largest absolute Gasteiger partial charge is 0.449 e. The number of carbonyl (C=O) groups excluding carboxylic acids is 1. The SMILES string of the molecule is CCC1CC(Nc2nc(Nc3cc(C)[nH]n3)cc3nc(CO)ccc23)CC(C)N1C(=O)OCC(C)C. The Balaban J connectivity index is 1.58. The Bertz CT molecular complexity index is 1200. The highest BCUT2D eigenvalue weighted by molar-refractivity contribution is 5.91. The van der Waals surface area contributed by atoms with E-state index in [0.717, 1.165) is 35.9 Å². The van der Waals surface area contributed by atoms with Gasteiger partial charge in [-0.05, 0) is 51.2 Å². The van der Waals surface area contributed by atoms with Crippen LogP contribution >= 0.6 is 0 Å². The average Bonchev–Trinajstić information content (AvgIpc) is 3.25. The molecule has 1 fully saturated rings. The lowest BCUT2D eigenvalue weighted by Gasteiger charge is -2.43. The second-order valence-electron chi connectivity index (χ2n) is 10.0. The van der Waals surface area contributed by atoms with Crippen LogP contribution in [0.3, 0.4) is 0 Å². The molecule has 4 heterocycles. The van der Waals surface area contributed by atoms with Gasteiger partial charge in [0, 0.05) is 41.3 Å². The van der Waals surface area contributed by atoms with Gasteiger partial charge in [-0.15, -0.1) is 0 Å². The van der Waals surface area contributed by atoms with Crippen LogP contribution < -0.4 is 10.6 Å². The van der Waals surface area contributed by atoms with Crippen LogP contribution in [0.4, 0.5) is 22.2 Å². The molecular formula is C26H37N7O3. The van der Waals surface area contributed by atoms with Gasteiger partial charge < -0.3 is 25.4 Å². The summed E-state index contributed by atoms with van der Waals surface area (Å²) in [6.45, 7) is 10.5. The number of piperidine rings is 1. The zero-order chi connectivity index (χ0) is 25.8. The number of anilines is 3. The van der Waals surface area contributed by atoms with E-state index in [-0.39, 0.29) is 30.8 Å². The third-order valence-corrected chi connectivity index (χ3v) is 6.48. The third-order valence-electron chi connectivity index (χ3n) is 6.48. The number of nitrogens with zero attached hydrogens (tertiary/aromatic N) is 4. The van der Waals surface area contributed by atoms with Gasteiger partial charge in [0.25, 0.3) is 0 Å². The van der Waals surface area contributed by atoms with Crippen molar-refractivity contribution >= 4 is 34.4 Å². The highest BCUT2D eigenvalue weighted by Gasteiger charge is 2.36. The number of carbonyl (C=O) groups is 1. The number of aryl methyl sites for hydroxylation is 1. The van der Waals surface area contributed by atoms with E-state index in [1.807, 2.05) is 49.9 Å². The van der Waals surface area contributed by atoms with Crippen LogP contribution in [0.25, 0.3) is 10.9 Å². The van der Waals surface area contributed by atoms with E-state index in [0.29, 0.717) is 35.7 Å². The van der Waals surface area contributed by atoms with Gasteiger partial charge in [-0.2, -0.15) is 5.10 Å². The van der Waals surface area contributed by atoms with Crippen LogP contribution in [0.1, 0.15) is 58.3 Å². The van der Waals surface area contributed by atoms with Crippen molar-refractivity contribution in [2.75, 3.05) is 17.2 Å². The van der Waals surface area contributed by atoms with Gasteiger partial charge in [-0.3, -0.25) is 10.1 Å². The van der Waals surface area contributed by atoms with E-state index >= 15 is 0 Å². The van der Waals surface area contributed by atoms with Crippen LogP contribution in [0.5, 0.6) is 0 Å². The average molecular weight is 496 g/mol. The summed E-state index contributed by atoms with van der Waals surface area (Å²) in [4.78, 5) is 24.2. The first kappa shape index (κ1) is 25.7. The molecule has 0 spiro atoms. The summed E-state index contributed by atoms with van der Waals surface area (Å²) in [5.74, 6) is 2.28. The minimum atomic E-state index is -0.230. The summed E-state index contributed by atoms with van der Waals surface area (Å²) >= 11 is 0. The maximum atomic E-state index is 12.8. The first-order chi connectivity index (χ1) is 17.3. The molecule has 1 saturated heterocycles. The fourth-order valence-electron chi connectivity index (χ4n) is 4.78. The molecular weight excluding hydrogens is 458 g/mol. The number of hydrogen-bond donors (Lipinski definition) is 4. The van der Waals surface area contributed by atoms with Crippen LogP contribution in [0.2, 0.25) is 0 Å². The lowest BCUT2D eigenvalue weighted by molar-refractivity contribution is 0.0408. The first-order valence-electron chi connectivity index (χ1n) is 12.7. The molecule has 1 aliphatic rings. The molecule has 0 aliphatic carbocycles. The molecule has 3 atom stereocenters. The Morgan fingerprint density at radius 3 is 2.72 bits per heavy atom. The first-order valence-corrected chi connectivity index (χ1v) is 12.7. The molecule has 4 rings (SSSR count). The molecule has 10 nitrogen and oxygen atoms in total. The third kappa shape index (κ3) is 5.87. The molecule has 3 aromatic rings. The van der Waals surface area contributed by atoms with Crippen molar-refractivity contribution in [1.82, 2.24) is 25.1 Å². The van der Waals surface area contributed by atoms with Gasteiger partial charge in [-0.1, -0.05) is 20.8 Å². The van der Waals surface area contributed by atoms with Gasteiger partial charge in [0.1, 0.15) is 11.6 Å². The lowest BCUT2D eigenvalue weighted by atomic mass is 9.90. The van der Waals surface area contributed by atoms with Crippen molar-refractivity contribution in [3.8, 4) is 0 Å². The molecule has 10 heteroatoms. The number of nitrogens with one attached hydrogen (secondary N) is 3. The van der Waals surface area contributed by atoms with Crippen LogP contribution in [0.15, 0.2) is 24.3 Å². The molecule has 36 heavy (non-hydrogen) atoms. The predicted octanol–water partition coefficient (Wildman–Crippen LogP) is 4.73. The number of likely N-dealkylation sites (tertiary alicyclic amines) is 1. The van der Waals surface area contributed by atoms with E-state index in [4.69, 9.17) is 9.72 Å². The van der Waals surface area contributed by atoms with E-state index in [1.54, 1.807) is 0 Å². The summed E-state index contributed by atoms with van der Waals surface area (Å²) < 4.78 is 5.56. The summed E-state index contributed by atoms with van der Waals surface area (Å²) in [7, 11) is 0. The minimum absolute atomic E-state index is 0.0274. The number of aromatic amines is 1.